The lowest BCUT2D eigenvalue weighted by atomic mass is 9.83. The summed E-state index contributed by atoms with van der Waals surface area (Å²) in [6.07, 6.45) is 6.15. The molecule has 41 heavy (non-hydrogen) atoms. The fraction of sp³-hybridized carbons (Fsp3) is 0.429. The lowest BCUT2D eigenvalue weighted by Crippen LogP contribution is -2.46. The molecule has 216 valence electrons. The van der Waals surface area contributed by atoms with Gasteiger partial charge in [-0.1, -0.05) is 70.0 Å². The van der Waals surface area contributed by atoms with E-state index in [4.69, 9.17) is 0 Å². The van der Waals surface area contributed by atoms with Crippen molar-refractivity contribution in [1.82, 2.24) is 4.90 Å². The van der Waals surface area contributed by atoms with E-state index in [1.165, 1.54) is 31.7 Å². The topological polar surface area (TPSA) is 61.4 Å². The monoisotopic (exact) mass is 555 g/mol. The van der Waals surface area contributed by atoms with Gasteiger partial charge in [0.1, 0.15) is 5.82 Å². The zero-order chi connectivity index (χ0) is 29.1. The van der Waals surface area contributed by atoms with Gasteiger partial charge in [-0.2, -0.15) is 0 Å². The molecule has 2 aliphatic rings. The van der Waals surface area contributed by atoms with E-state index in [0.29, 0.717) is 31.0 Å². The fourth-order valence-electron chi connectivity index (χ4n) is 6.34. The van der Waals surface area contributed by atoms with E-state index in [1.54, 1.807) is 24.0 Å². The number of halogens is 1. The Labute approximate surface area is 243 Å². The van der Waals surface area contributed by atoms with Gasteiger partial charge in [-0.3, -0.25) is 9.59 Å². The molecule has 2 N–H and O–H groups in total. The molecule has 5 rings (SSSR count). The second-order valence-corrected chi connectivity index (χ2v) is 12.7. The third-order valence-corrected chi connectivity index (χ3v) is 8.64. The highest BCUT2D eigenvalue weighted by molar-refractivity contribution is 5.98. The Kier molecular flexibility index (Phi) is 8.48. The number of amides is 2. The van der Waals surface area contributed by atoms with Crippen LogP contribution >= 0.6 is 0 Å². The van der Waals surface area contributed by atoms with Crippen molar-refractivity contribution in [2.45, 2.75) is 83.7 Å². The average molecular weight is 556 g/mol. The molecule has 1 heterocycles. The van der Waals surface area contributed by atoms with Crippen LogP contribution in [-0.2, 0) is 10.2 Å². The third-order valence-electron chi connectivity index (χ3n) is 8.64. The van der Waals surface area contributed by atoms with E-state index in [1.807, 2.05) is 42.5 Å². The smallest absolute Gasteiger partial charge is 0.257 e. The van der Waals surface area contributed by atoms with Crippen LogP contribution in [0.3, 0.4) is 0 Å². The van der Waals surface area contributed by atoms with Crippen LogP contribution < -0.4 is 10.6 Å². The summed E-state index contributed by atoms with van der Waals surface area (Å²) in [6, 6.07) is 20.7. The molecule has 0 radical (unpaired) electrons. The van der Waals surface area contributed by atoms with Gasteiger partial charge >= 0.3 is 0 Å². The minimum Gasteiger partial charge on any atom is -0.382 e. The highest BCUT2D eigenvalue weighted by Crippen LogP contribution is 2.39. The molecule has 5 nitrogen and oxygen atoms in total. The van der Waals surface area contributed by atoms with E-state index < -0.39 is 17.8 Å². The Balaban J connectivity index is 1.47. The van der Waals surface area contributed by atoms with Crippen LogP contribution in [0.2, 0.25) is 0 Å². The summed E-state index contributed by atoms with van der Waals surface area (Å²) < 4.78 is 15.0. The van der Waals surface area contributed by atoms with E-state index in [9.17, 15) is 14.0 Å². The highest BCUT2D eigenvalue weighted by atomic mass is 19.1. The zero-order valence-electron chi connectivity index (χ0n) is 24.7. The highest BCUT2D eigenvalue weighted by Gasteiger charge is 2.40. The van der Waals surface area contributed by atoms with Crippen molar-refractivity contribution in [2.75, 3.05) is 17.2 Å². The van der Waals surface area contributed by atoms with Crippen LogP contribution in [0.5, 0.6) is 0 Å². The summed E-state index contributed by atoms with van der Waals surface area (Å²) in [5, 5.41) is 6.76. The molecule has 2 atom stereocenters. The number of nitrogens with one attached hydrogen (secondary N) is 2. The van der Waals surface area contributed by atoms with Crippen LogP contribution in [0.4, 0.5) is 15.8 Å². The fourth-order valence-corrected chi connectivity index (χ4v) is 6.34. The second kappa shape index (κ2) is 12.1. The average Bonchev–Trinajstić information content (AvgIpc) is 3.46. The predicted octanol–water partition coefficient (Wildman–Crippen LogP) is 8.02. The van der Waals surface area contributed by atoms with Crippen LogP contribution in [0.15, 0.2) is 66.7 Å². The molecule has 6 heteroatoms. The minimum absolute atomic E-state index is 0.0524. The number of hydrogen-bond acceptors (Lipinski definition) is 3. The lowest BCUT2D eigenvalue weighted by Gasteiger charge is -2.41. The molecule has 1 saturated heterocycles. The molecule has 3 aromatic carbocycles. The molecule has 0 bridgehead atoms. The summed E-state index contributed by atoms with van der Waals surface area (Å²) in [6.45, 7) is 8.65. The number of rotatable bonds is 6. The van der Waals surface area contributed by atoms with Crippen LogP contribution in [0, 0.1) is 18.7 Å². The van der Waals surface area contributed by atoms with E-state index in [-0.39, 0.29) is 22.8 Å². The van der Waals surface area contributed by atoms with Gasteiger partial charge in [0.15, 0.2) is 0 Å². The van der Waals surface area contributed by atoms with Gasteiger partial charge in [-0.15, -0.1) is 0 Å². The number of nitrogens with zero attached hydrogens (tertiary/aromatic N) is 1. The first-order valence-electron chi connectivity index (χ1n) is 15.0. The van der Waals surface area contributed by atoms with Gasteiger partial charge in [0.25, 0.3) is 5.91 Å². The van der Waals surface area contributed by atoms with Crippen LogP contribution in [0.1, 0.15) is 92.4 Å². The van der Waals surface area contributed by atoms with Crippen molar-refractivity contribution in [3.63, 3.8) is 0 Å². The van der Waals surface area contributed by atoms with Crippen molar-refractivity contribution in [3.05, 3.63) is 94.8 Å². The number of piperidine rings is 1. The number of likely N-dealkylation sites (tertiary alicyclic amines) is 1. The quantitative estimate of drug-likeness (QED) is 0.324. The van der Waals surface area contributed by atoms with Crippen molar-refractivity contribution < 1.29 is 14.0 Å². The summed E-state index contributed by atoms with van der Waals surface area (Å²) in [4.78, 5) is 29.6. The van der Waals surface area contributed by atoms with Crippen molar-refractivity contribution in [3.8, 4) is 0 Å². The van der Waals surface area contributed by atoms with Gasteiger partial charge in [0.05, 0.1) is 17.5 Å². The number of anilines is 2. The summed E-state index contributed by atoms with van der Waals surface area (Å²) in [5.41, 5.74) is 4.42. The van der Waals surface area contributed by atoms with E-state index >= 15 is 0 Å². The minimum atomic E-state index is -0.532. The Morgan fingerprint density at radius 1 is 0.878 bits per heavy atom. The SMILES string of the molecule is Cc1cccc(F)c1C(=O)N1CCCC(C(=O)Nc2cccc(C(C)(C)C)c2)[C@@H]1c1ccc(NC2CCCC2)cc1. The Morgan fingerprint density at radius 2 is 1.59 bits per heavy atom. The van der Waals surface area contributed by atoms with Gasteiger partial charge in [-0.05, 0) is 85.0 Å². The third kappa shape index (κ3) is 6.47. The first-order chi connectivity index (χ1) is 19.6. The van der Waals surface area contributed by atoms with Crippen LogP contribution in [0.25, 0.3) is 0 Å². The number of carbonyl (C=O) groups is 2. The van der Waals surface area contributed by atoms with E-state index in [0.717, 1.165) is 22.5 Å². The molecule has 1 aliphatic heterocycles. The molecular weight excluding hydrogens is 513 g/mol. The Bertz CT molecular complexity index is 1370. The van der Waals surface area contributed by atoms with Gasteiger partial charge in [0, 0.05) is 24.0 Å². The van der Waals surface area contributed by atoms with E-state index in [2.05, 4.69) is 37.5 Å². The van der Waals surface area contributed by atoms with Crippen molar-refractivity contribution in [1.29, 1.82) is 0 Å². The molecule has 2 fully saturated rings. The molecule has 1 unspecified atom stereocenters. The summed E-state index contributed by atoms with van der Waals surface area (Å²) in [5.74, 6) is -1.51. The first kappa shape index (κ1) is 28.8. The molecular formula is C35H42FN3O2. The number of aryl methyl sites for hydroxylation is 1. The predicted molar refractivity (Wildman–Crippen MR) is 164 cm³/mol. The van der Waals surface area contributed by atoms with Crippen molar-refractivity contribution >= 4 is 23.2 Å². The molecule has 0 aromatic heterocycles. The summed E-state index contributed by atoms with van der Waals surface area (Å²) in [7, 11) is 0. The Morgan fingerprint density at radius 3 is 2.27 bits per heavy atom. The maximum atomic E-state index is 15.0. The molecule has 2 amide bonds. The maximum absolute atomic E-state index is 15.0. The molecule has 0 spiro atoms. The largest absolute Gasteiger partial charge is 0.382 e. The van der Waals surface area contributed by atoms with Gasteiger partial charge in [0.2, 0.25) is 5.91 Å². The van der Waals surface area contributed by atoms with Crippen LogP contribution in [-0.4, -0.2) is 29.3 Å². The molecule has 3 aromatic rings. The Hall–Kier alpha value is -3.67. The number of hydrogen-bond donors (Lipinski definition) is 2. The number of benzene rings is 3. The van der Waals surface area contributed by atoms with Gasteiger partial charge in [-0.25, -0.2) is 4.39 Å². The first-order valence-corrected chi connectivity index (χ1v) is 15.0. The van der Waals surface area contributed by atoms with Crippen molar-refractivity contribution in [2.24, 2.45) is 5.92 Å². The lowest BCUT2D eigenvalue weighted by molar-refractivity contribution is -0.123. The maximum Gasteiger partial charge on any atom is 0.257 e. The summed E-state index contributed by atoms with van der Waals surface area (Å²) >= 11 is 0. The molecule has 1 aliphatic carbocycles. The molecule has 1 saturated carbocycles. The standard InChI is InChI=1S/C35H42FN3O2/c1-23-10-7-16-30(36)31(23)34(41)39-21-9-15-29(33(40)38-28-14-8-11-25(22-28)35(2,3)4)32(39)24-17-19-27(20-18-24)37-26-12-5-6-13-26/h7-8,10-11,14,16-20,22,26,29,32,37H,5-6,9,12-13,15,21H2,1-4H3,(H,38,40)/t29?,32-/m0/s1. The van der Waals surface area contributed by atoms with Gasteiger partial charge < -0.3 is 15.5 Å². The normalized spacial score (nSPS) is 19.7. The second-order valence-electron chi connectivity index (χ2n) is 12.7. The zero-order valence-corrected chi connectivity index (χ0v) is 24.7. The number of carbonyl (C=O) groups excluding carboxylic acids is 2.